The van der Waals surface area contributed by atoms with Crippen LogP contribution in [0.1, 0.15) is 52.5 Å². The summed E-state index contributed by atoms with van der Waals surface area (Å²) in [4.78, 5) is 54.3. The van der Waals surface area contributed by atoms with E-state index in [1.807, 2.05) is 63.3 Å². The number of carbonyl (C=O) groups is 4. The third kappa shape index (κ3) is 6.09. The van der Waals surface area contributed by atoms with Crippen LogP contribution in [0.25, 0.3) is 0 Å². The molecule has 1 aromatic rings. The summed E-state index contributed by atoms with van der Waals surface area (Å²) in [5, 5.41) is 2.94. The molecule has 178 valence electrons. The van der Waals surface area contributed by atoms with Crippen molar-refractivity contribution < 1.29 is 19.2 Å². The molecule has 0 radical (unpaired) electrons. The molecule has 1 aliphatic carbocycles. The van der Waals surface area contributed by atoms with Gasteiger partial charge in [-0.05, 0) is 52.5 Å². The highest BCUT2D eigenvalue weighted by molar-refractivity contribution is 6.05. The Hall–Kier alpha value is -2.96. The zero-order chi connectivity index (χ0) is 24.2. The SMILES string of the molecule is C[C@H](C(=O)NC(C)(C)C)N(CCc1ccccc1)C(=O)CCN1C(=O)[C@H]2CC=CC[C@H]2C1=O. The fraction of sp³-hybridized carbons (Fsp3) is 0.538. The van der Waals surface area contributed by atoms with Gasteiger partial charge in [-0.15, -0.1) is 0 Å². The number of nitrogens with one attached hydrogen (secondary N) is 1. The number of carbonyl (C=O) groups excluding carboxylic acids is 4. The zero-order valence-electron chi connectivity index (χ0n) is 20.0. The number of hydrogen-bond donors (Lipinski definition) is 1. The molecular formula is C26H35N3O4. The molecule has 1 N–H and O–H groups in total. The number of benzene rings is 1. The first kappa shape index (κ1) is 24.7. The molecule has 3 atom stereocenters. The number of fused-ring (bicyclic) bond motifs is 1. The van der Waals surface area contributed by atoms with E-state index in [1.54, 1.807) is 11.8 Å². The highest BCUT2D eigenvalue weighted by atomic mass is 16.2. The van der Waals surface area contributed by atoms with Gasteiger partial charge in [-0.2, -0.15) is 0 Å². The number of imide groups is 1. The molecule has 0 aromatic heterocycles. The predicted molar refractivity (Wildman–Crippen MR) is 126 cm³/mol. The third-order valence-corrected chi connectivity index (χ3v) is 6.30. The minimum atomic E-state index is -0.669. The van der Waals surface area contributed by atoms with Crippen LogP contribution < -0.4 is 5.32 Å². The summed E-state index contributed by atoms with van der Waals surface area (Å²) in [7, 11) is 0. The summed E-state index contributed by atoms with van der Waals surface area (Å²) < 4.78 is 0. The number of amides is 4. The van der Waals surface area contributed by atoms with E-state index >= 15 is 0 Å². The van der Waals surface area contributed by atoms with Gasteiger partial charge in [-0.3, -0.25) is 24.1 Å². The molecule has 7 heteroatoms. The summed E-state index contributed by atoms with van der Waals surface area (Å²) in [6, 6.07) is 9.12. The fourth-order valence-corrected chi connectivity index (χ4v) is 4.48. The van der Waals surface area contributed by atoms with E-state index in [4.69, 9.17) is 0 Å². The number of hydrogen-bond acceptors (Lipinski definition) is 4. The van der Waals surface area contributed by atoms with E-state index < -0.39 is 11.6 Å². The average molecular weight is 454 g/mol. The molecule has 1 aromatic carbocycles. The van der Waals surface area contributed by atoms with Crippen LogP contribution in [0.15, 0.2) is 42.5 Å². The van der Waals surface area contributed by atoms with Gasteiger partial charge in [0.25, 0.3) is 0 Å². The van der Waals surface area contributed by atoms with Crippen LogP contribution in [0.5, 0.6) is 0 Å². The lowest BCUT2D eigenvalue weighted by molar-refractivity contribution is -0.143. The van der Waals surface area contributed by atoms with Crippen molar-refractivity contribution in [2.24, 2.45) is 11.8 Å². The molecule has 1 aliphatic heterocycles. The Morgan fingerprint density at radius 2 is 1.64 bits per heavy atom. The zero-order valence-corrected chi connectivity index (χ0v) is 20.0. The largest absolute Gasteiger partial charge is 0.350 e. The van der Waals surface area contributed by atoms with Crippen LogP contribution in [-0.4, -0.2) is 58.1 Å². The second-order valence-electron chi connectivity index (χ2n) is 9.97. The van der Waals surface area contributed by atoms with Gasteiger partial charge in [0, 0.05) is 25.0 Å². The molecule has 33 heavy (non-hydrogen) atoms. The molecule has 0 bridgehead atoms. The maximum atomic E-state index is 13.2. The van der Waals surface area contributed by atoms with E-state index in [2.05, 4.69) is 5.32 Å². The molecule has 7 nitrogen and oxygen atoms in total. The predicted octanol–water partition coefficient (Wildman–Crippen LogP) is 2.70. The molecule has 0 saturated carbocycles. The Morgan fingerprint density at radius 1 is 1.06 bits per heavy atom. The second kappa shape index (κ2) is 10.3. The van der Waals surface area contributed by atoms with Crippen molar-refractivity contribution in [2.75, 3.05) is 13.1 Å². The maximum absolute atomic E-state index is 13.2. The molecule has 1 saturated heterocycles. The quantitative estimate of drug-likeness (QED) is 0.484. The molecule has 0 spiro atoms. The maximum Gasteiger partial charge on any atom is 0.242 e. The van der Waals surface area contributed by atoms with Crippen LogP contribution in [0.3, 0.4) is 0 Å². The standard InChI is InChI=1S/C26H35N3O4/c1-18(23(31)27-26(2,3)4)28(16-14-19-10-6-5-7-11-19)22(30)15-17-29-24(32)20-12-8-9-13-21(20)25(29)33/h5-11,18,20-21H,12-17H2,1-4H3,(H,27,31)/t18-,20-,21+/m1/s1. The van der Waals surface area contributed by atoms with Crippen LogP contribution in [0, 0.1) is 11.8 Å². The van der Waals surface area contributed by atoms with Crippen LogP contribution in [0.2, 0.25) is 0 Å². The van der Waals surface area contributed by atoms with Crippen LogP contribution in [-0.2, 0) is 25.6 Å². The number of rotatable bonds is 8. The van der Waals surface area contributed by atoms with Crippen LogP contribution in [0.4, 0.5) is 0 Å². The van der Waals surface area contributed by atoms with Gasteiger partial charge in [-0.1, -0.05) is 42.5 Å². The third-order valence-electron chi connectivity index (χ3n) is 6.30. The Labute approximate surface area is 196 Å². The van der Waals surface area contributed by atoms with Gasteiger partial charge in [0.15, 0.2) is 0 Å². The van der Waals surface area contributed by atoms with E-state index in [1.165, 1.54) is 4.90 Å². The molecular weight excluding hydrogens is 418 g/mol. The van der Waals surface area contributed by atoms with Crippen molar-refractivity contribution in [1.82, 2.24) is 15.1 Å². The van der Waals surface area contributed by atoms with Gasteiger partial charge in [-0.25, -0.2) is 0 Å². The Morgan fingerprint density at radius 3 is 2.18 bits per heavy atom. The van der Waals surface area contributed by atoms with Crippen LogP contribution >= 0.6 is 0 Å². The monoisotopic (exact) mass is 453 g/mol. The molecule has 2 aliphatic rings. The first-order valence-electron chi connectivity index (χ1n) is 11.7. The van der Waals surface area contributed by atoms with E-state index in [0.717, 1.165) is 5.56 Å². The minimum absolute atomic E-state index is 0.00623. The normalized spacial score (nSPS) is 21.0. The van der Waals surface area contributed by atoms with Crippen molar-refractivity contribution in [2.45, 2.75) is 65.0 Å². The lowest BCUT2D eigenvalue weighted by Gasteiger charge is -2.32. The van der Waals surface area contributed by atoms with E-state index in [9.17, 15) is 19.2 Å². The average Bonchev–Trinajstić information content (AvgIpc) is 3.02. The molecule has 1 heterocycles. The number of nitrogens with zero attached hydrogens (tertiary/aromatic N) is 2. The summed E-state index contributed by atoms with van der Waals surface area (Å²) in [5.74, 6) is -1.44. The Balaban J connectivity index is 1.68. The number of allylic oxidation sites excluding steroid dienone is 2. The summed E-state index contributed by atoms with van der Waals surface area (Å²) in [6.07, 6.45) is 5.66. The summed E-state index contributed by atoms with van der Waals surface area (Å²) >= 11 is 0. The van der Waals surface area contributed by atoms with Crippen molar-refractivity contribution in [3.8, 4) is 0 Å². The number of likely N-dealkylation sites (tertiary alicyclic amines) is 1. The minimum Gasteiger partial charge on any atom is -0.350 e. The lowest BCUT2D eigenvalue weighted by atomic mass is 9.85. The highest BCUT2D eigenvalue weighted by Gasteiger charge is 2.47. The first-order chi connectivity index (χ1) is 15.6. The Bertz CT molecular complexity index is 893. The van der Waals surface area contributed by atoms with Crippen molar-refractivity contribution in [3.05, 3.63) is 48.0 Å². The topological polar surface area (TPSA) is 86.8 Å². The summed E-state index contributed by atoms with van der Waals surface area (Å²) in [5.41, 5.74) is 0.651. The highest BCUT2D eigenvalue weighted by Crippen LogP contribution is 2.35. The second-order valence-corrected chi connectivity index (χ2v) is 9.97. The van der Waals surface area contributed by atoms with E-state index in [0.29, 0.717) is 25.8 Å². The first-order valence-corrected chi connectivity index (χ1v) is 11.7. The van der Waals surface area contributed by atoms with Crippen molar-refractivity contribution >= 4 is 23.6 Å². The van der Waals surface area contributed by atoms with Gasteiger partial charge in [0.2, 0.25) is 23.6 Å². The molecule has 1 fully saturated rings. The smallest absolute Gasteiger partial charge is 0.242 e. The van der Waals surface area contributed by atoms with Gasteiger partial charge >= 0.3 is 0 Å². The fourth-order valence-electron chi connectivity index (χ4n) is 4.48. The van der Waals surface area contributed by atoms with E-state index in [-0.39, 0.29) is 48.4 Å². The van der Waals surface area contributed by atoms with Crippen molar-refractivity contribution in [3.63, 3.8) is 0 Å². The molecule has 0 unspecified atom stereocenters. The lowest BCUT2D eigenvalue weighted by Crippen LogP contribution is -2.53. The van der Waals surface area contributed by atoms with Gasteiger partial charge < -0.3 is 10.2 Å². The summed E-state index contributed by atoms with van der Waals surface area (Å²) in [6.45, 7) is 7.83. The molecule has 3 rings (SSSR count). The van der Waals surface area contributed by atoms with Gasteiger partial charge in [0.05, 0.1) is 11.8 Å². The Kier molecular flexibility index (Phi) is 7.72. The van der Waals surface area contributed by atoms with Gasteiger partial charge in [0.1, 0.15) is 6.04 Å². The molecule has 4 amide bonds. The van der Waals surface area contributed by atoms with Crippen molar-refractivity contribution in [1.29, 1.82) is 0 Å².